The van der Waals surface area contributed by atoms with Crippen LogP contribution in [0.3, 0.4) is 0 Å². The maximum Gasteiger partial charge on any atom is 0.165 e. The van der Waals surface area contributed by atoms with Gasteiger partial charge in [-0.15, -0.1) is 0 Å². The molecule has 4 heteroatoms. The molecule has 0 saturated heterocycles. The molecule has 2 nitrogen and oxygen atoms in total. The molecule has 0 bridgehead atoms. The second-order valence-electron chi connectivity index (χ2n) is 5.11. The number of nitrogens with two attached hydrogens (primary N) is 1. The van der Waals surface area contributed by atoms with Gasteiger partial charge in [0.2, 0.25) is 0 Å². The van der Waals surface area contributed by atoms with Gasteiger partial charge in [0, 0.05) is 5.02 Å². The SMILES string of the molecule is COc1ccc(CC(CN)Cc2cccc(Cl)c2)cc1F. The molecule has 1 atom stereocenters. The Morgan fingerprint density at radius 2 is 1.86 bits per heavy atom. The minimum absolute atomic E-state index is 0.247. The van der Waals surface area contributed by atoms with E-state index in [-0.39, 0.29) is 17.5 Å². The summed E-state index contributed by atoms with van der Waals surface area (Å²) in [6.07, 6.45) is 1.55. The highest BCUT2D eigenvalue weighted by atomic mass is 35.5. The van der Waals surface area contributed by atoms with E-state index in [1.54, 1.807) is 6.07 Å². The first kappa shape index (κ1) is 15.8. The third-order valence-corrected chi connectivity index (χ3v) is 3.72. The smallest absolute Gasteiger partial charge is 0.165 e. The van der Waals surface area contributed by atoms with Crippen LogP contribution in [0.25, 0.3) is 0 Å². The highest BCUT2D eigenvalue weighted by molar-refractivity contribution is 6.30. The van der Waals surface area contributed by atoms with Crippen molar-refractivity contribution in [1.29, 1.82) is 0 Å². The summed E-state index contributed by atoms with van der Waals surface area (Å²) < 4.78 is 18.6. The summed E-state index contributed by atoms with van der Waals surface area (Å²) >= 11 is 5.99. The van der Waals surface area contributed by atoms with E-state index in [0.717, 1.165) is 29.0 Å². The fourth-order valence-electron chi connectivity index (χ4n) is 2.41. The van der Waals surface area contributed by atoms with E-state index in [2.05, 4.69) is 0 Å². The topological polar surface area (TPSA) is 35.2 Å². The van der Waals surface area contributed by atoms with Crippen molar-refractivity contribution < 1.29 is 9.13 Å². The molecule has 1 unspecified atom stereocenters. The molecule has 0 saturated carbocycles. The summed E-state index contributed by atoms with van der Waals surface area (Å²) in [6, 6.07) is 12.8. The minimum Gasteiger partial charge on any atom is -0.494 e. The van der Waals surface area contributed by atoms with Gasteiger partial charge in [-0.25, -0.2) is 4.39 Å². The quantitative estimate of drug-likeness (QED) is 0.880. The zero-order chi connectivity index (χ0) is 15.2. The van der Waals surface area contributed by atoms with Crippen LogP contribution in [-0.2, 0) is 12.8 Å². The van der Waals surface area contributed by atoms with Gasteiger partial charge in [-0.2, -0.15) is 0 Å². The number of ether oxygens (including phenoxy) is 1. The Kier molecular flexibility index (Phi) is 5.59. The molecule has 2 aromatic carbocycles. The lowest BCUT2D eigenvalue weighted by atomic mass is 9.92. The van der Waals surface area contributed by atoms with E-state index >= 15 is 0 Å². The largest absolute Gasteiger partial charge is 0.494 e. The van der Waals surface area contributed by atoms with E-state index in [1.165, 1.54) is 13.2 Å². The second-order valence-corrected chi connectivity index (χ2v) is 5.55. The van der Waals surface area contributed by atoms with Gasteiger partial charge in [-0.05, 0) is 60.7 Å². The van der Waals surface area contributed by atoms with Crippen LogP contribution in [0.5, 0.6) is 5.75 Å². The average Bonchev–Trinajstić information content (AvgIpc) is 2.47. The number of methoxy groups -OCH3 is 1. The van der Waals surface area contributed by atoms with Crippen LogP contribution >= 0.6 is 11.6 Å². The van der Waals surface area contributed by atoms with Gasteiger partial charge in [0.25, 0.3) is 0 Å². The monoisotopic (exact) mass is 307 g/mol. The predicted octanol–water partition coefficient (Wildman–Crippen LogP) is 3.85. The van der Waals surface area contributed by atoms with Crippen molar-refractivity contribution in [2.75, 3.05) is 13.7 Å². The Hall–Kier alpha value is -1.58. The Morgan fingerprint density at radius 3 is 2.43 bits per heavy atom. The molecule has 0 aliphatic heterocycles. The Bertz CT molecular complexity index is 603. The molecular weight excluding hydrogens is 289 g/mol. The molecule has 0 aromatic heterocycles. The predicted molar refractivity (Wildman–Crippen MR) is 84.4 cm³/mol. The number of hydrogen-bond acceptors (Lipinski definition) is 2. The number of hydrogen-bond donors (Lipinski definition) is 1. The van der Waals surface area contributed by atoms with Crippen LogP contribution < -0.4 is 10.5 Å². The van der Waals surface area contributed by atoms with Crippen molar-refractivity contribution in [3.63, 3.8) is 0 Å². The van der Waals surface area contributed by atoms with Crippen molar-refractivity contribution >= 4 is 11.6 Å². The molecule has 112 valence electrons. The molecule has 0 heterocycles. The van der Waals surface area contributed by atoms with Gasteiger partial charge < -0.3 is 10.5 Å². The lowest BCUT2D eigenvalue weighted by Gasteiger charge is -2.15. The third-order valence-electron chi connectivity index (χ3n) is 3.49. The fourth-order valence-corrected chi connectivity index (χ4v) is 2.62. The highest BCUT2D eigenvalue weighted by Gasteiger charge is 2.11. The van der Waals surface area contributed by atoms with Gasteiger partial charge in [-0.3, -0.25) is 0 Å². The van der Waals surface area contributed by atoms with Gasteiger partial charge in [0.15, 0.2) is 11.6 Å². The van der Waals surface area contributed by atoms with E-state index in [9.17, 15) is 4.39 Å². The summed E-state index contributed by atoms with van der Waals surface area (Å²) in [6.45, 7) is 0.542. The van der Waals surface area contributed by atoms with Crippen molar-refractivity contribution in [1.82, 2.24) is 0 Å². The van der Waals surface area contributed by atoms with Crippen LogP contribution in [0.4, 0.5) is 4.39 Å². The fraction of sp³-hybridized carbons (Fsp3) is 0.294. The van der Waals surface area contributed by atoms with Crippen LogP contribution in [0.2, 0.25) is 5.02 Å². The average molecular weight is 308 g/mol. The van der Waals surface area contributed by atoms with Crippen LogP contribution in [0.1, 0.15) is 11.1 Å². The van der Waals surface area contributed by atoms with Gasteiger partial charge in [-0.1, -0.05) is 29.8 Å². The third kappa shape index (κ3) is 4.45. The van der Waals surface area contributed by atoms with E-state index in [4.69, 9.17) is 22.1 Å². The van der Waals surface area contributed by atoms with E-state index in [1.807, 2.05) is 30.3 Å². The lowest BCUT2D eigenvalue weighted by molar-refractivity contribution is 0.385. The molecule has 2 aromatic rings. The molecule has 0 aliphatic carbocycles. The zero-order valence-electron chi connectivity index (χ0n) is 12.0. The van der Waals surface area contributed by atoms with E-state index < -0.39 is 0 Å². The van der Waals surface area contributed by atoms with Crippen molar-refractivity contribution in [3.8, 4) is 5.75 Å². The van der Waals surface area contributed by atoms with Crippen LogP contribution in [0, 0.1) is 11.7 Å². The van der Waals surface area contributed by atoms with Crippen molar-refractivity contribution in [2.45, 2.75) is 12.8 Å². The zero-order valence-corrected chi connectivity index (χ0v) is 12.7. The summed E-state index contributed by atoms with van der Waals surface area (Å²) in [5.41, 5.74) is 7.92. The Morgan fingerprint density at radius 1 is 1.14 bits per heavy atom. The number of rotatable bonds is 6. The van der Waals surface area contributed by atoms with E-state index in [0.29, 0.717) is 6.54 Å². The van der Waals surface area contributed by atoms with Crippen LogP contribution in [-0.4, -0.2) is 13.7 Å². The lowest BCUT2D eigenvalue weighted by Crippen LogP contribution is -2.19. The summed E-state index contributed by atoms with van der Waals surface area (Å²) in [5, 5.41) is 0.721. The molecule has 0 fully saturated rings. The first-order valence-corrected chi connectivity index (χ1v) is 7.27. The maximum atomic E-state index is 13.7. The first-order valence-electron chi connectivity index (χ1n) is 6.89. The number of benzene rings is 2. The van der Waals surface area contributed by atoms with Gasteiger partial charge in [0.05, 0.1) is 7.11 Å². The molecule has 0 amide bonds. The second kappa shape index (κ2) is 7.43. The maximum absolute atomic E-state index is 13.7. The normalized spacial score (nSPS) is 12.2. The molecule has 0 spiro atoms. The van der Waals surface area contributed by atoms with Gasteiger partial charge >= 0.3 is 0 Å². The Labute approximate surface area is 129 Å². The van der Waals surface area contributed by atoms with Crippen molar-refractivity contribution in [2.24, 2.45) is 11.7 Å². The molecule has 0 radical (unpaired) electrons. The number of halogens is 2. The van der Waals surface area contributed by atoms with Gasteiger partial charge in [0.1, 0.15) is 0 Å². The summed E-state index contributed by atoms with van der Waals surface area (Å²) in [7, 11) is 1.46. The molecule has 2 N–H and O–H groups in total. The standard InChI is InChI=1S/C17H19ClFNO/c1-21-17-6-5-13(10-16(17)19)8-14(11-20)7-12-3-2-4-15(18)9-12/h2-6,9-10,14H,7-8,11,20H2,1H3. The molecule has 0 aliphatic rings. The van der Waals surface area contributed by atoms with Crippen LogP contribution in [0.15, 0.2) is 42.5 Å². The molecule has 2 rings (SSSR count). The molecule has 21 heavy (non-hydrogen) atoms. The minimum atomic E-state index is -0.339. The molecular formula is C17H19ClFNO. The summed E-state index contributed by atoms with van der Waals surface area (Å²) in [5.74, 6) is 0.169. The first-order chi connectivity index (χ1) is 10.1. The summed E-state index contributed by atoms with van der Waals surface area (Å²) in [4.78, 5) is 0. The van der Waals surface area contributed by atoms with Crippen molar-refractivity contribution in [3.05, 3.63) is 64.4 Å². The highest BCUT2D eigenvalue weighted by Crippen LogP contribution is 2.21. The Balaban J connectivity index is 2.07.